The smallest absolute Gasteiger partial charge is 0.113 e. The Bertz CT molecular complexity index is 445. The van der Waals surface area contributed by atoms with Crippen molar-refractivity contribution in [3.05, 3.63) is 24.0 Å². The maximum absolute atomic E-state index is 5.61. The second-order valence-corrected chi connectivity index (χ2v) is 5.33. The molecule has 1 aromatic rings. The first kappa shape index (κ1) is 12.9. The van der Waals surface area contributed by atoms with Crippen LogP contribution in [0.2, 0.25) is 0 Å². The van der Waals surface area contributed by atoms with Crippen molar-refractivity contribution >= 4 is 5.69 Å². The van der Waals surface area contributed by atoms with Crippen molar-refractivity contribution in [2.24, 2.45) is 0 Å². The lowest BCUT2D eigenvalue weighted by Crippen LogP contribution is -2.45. The summed E-state index contributed by atoms with van der Waals surface area (Å²) in [6, 6.07) is 3.71. The van der Waals surface area contributed by atoms with E-state index in [-0.39, 0.29) is 5.54 Å². The van der Waals surface area contributed by atoms with Crippen LogP contribution in [0.1, 0.15) is 38.8 Å². The molecule has 0 amide bonds. The van der Waals surface area contributed by atoms with Gasteiger partial charge in [0.2, 0.25) is 0 Å². The topological polar surface area (TPSA) is 42.1 Å². The fraction of sp³-hybridized carbons (Fsp3) is 0.533. The Hall–Kier alpha value is -1.53. The van der Waals surface area contributed by atoms with Crippen molar-refractivity contribution < 1.29 is 0 Å². The summed E-state index contributed by atoms with van der Waals surface area (Å²) in [6.45, 7) is 6.67. The van der Waals surface area contributed by atoms with Gasteiger partial charge in [-0.1, -0.05) is 12.3 Å². The normalized spacial score (nSPS) is 17.0. The van der Waals surface area contributed by atoms with Gasteiger partial charge in [-0.25, -0.2) is 4.98 Å². The van der Waals surface area contributed by atoms with Crippen LogP contribution in [0.5, 0.6) is 0 Å². The summed E-state index contributed by atoms with van der Waals surface area (Å²) in [5.74, 6) is 6.49. The predicted octanol–water partition coefficient (Wildman–Crippen LogP) is 2.28. The summed E-state index contributed by atoms with van der Waals surface area (Å²) in [7, 11) is 0. The number of anilines is 1. The molecule has 0 unspecified atom stereocenters. The lowest BCUT2D eigenvalue weighted by atomic mass is 9.99. The van der Waals surface area contributed by atoms with E-state index >= 15 is 0 Å². The quantitative estimate of drug-likeness (QED) is 0.769. The Kier molecular flexibility index (Phi) is 3.88. The fourth-order valence-corrected chi connectivity index (χ4v) is 2.23. The number of likely N-dealkylation sites (tertiary alicyclic amines) is 1. The molecule has 0 spiro atoms. The molecule has 0 aromatic carbocycles. The van der Waals surface area contributed by atoms with Crippen molar-refractivity contribution in [3.63, 3.8) is 0 Å². The van der Waals surface area contributed by atoms with Gasteiger partial charge in [-0.2, -0.15) is 0 Å². The number of nitrogens with two attached hydrogens (primary N) is 1. The average molecular weight is 243 g/mol. The minimum atomic E-state index is -0.0799. The standard InChI is InChI=1S/C15H21N3/c1-15(2,18-10-4-3-5-11-18)9-8-14-7-6-13(16)12-17-14/h6-7,12H,3-5,10-11,16H2,1-2H3. The van der Waals surface area contributed by atoms with Gasteiger partial charge in [0, 0.05) is 0 Å². The van der Waals surface area contributed by atoms with Gasteiger partial charge in [-0.15, -0.1) is 0 Å². The predicted molar refractivity (Wildman–Crippen MR) is 75.0 cm³/mol. The Labute approximate surface area is 109 Å². The summed E-state index contributed by atoms with van der Waals surface area (Å²) < 4.78 is 0. The van der Waals surface area contributed by atoms with Gasteiger partial charge in [0.15, 0.2) is 0 Å². The molecule has 18 heavy (non-hydrogen) atoms. The Morgan fingerprint density at radius 2 is 1.94 bits per heavy atom. The second-order valence-electron chi connectivity index (χ2n) is 5.33. The summed E-state index contributed by atoms with van der Waals surface area (Å²) in [5.41, 5.74) is 6.99. The molecule has 1 aromatic heterocycles. The summed E-state index contributed by atoms with van der Waals surface area (Å²) in [6.07, 6.45) is 5.56. The minimum Gasteiger partial charge on any atom is -0.397 e. The van der Waals surface area contributed by atoms with Crippen LogP contribution in [-0.4, -0.2) is 28.5 Å². The molecule has 1 aliphatic heterocycles. The van der Waals surface area contributed by atoms with Crippen LogP contribution in [0.4, 0.5) is 5.69 Å². The first-order valence-corrected chi connectivity index (χ1v) is 6.58. The molecule has 2 N–H and O–H groups in total. The number of rotatable bonds is 1. The fourth-order valence-electron chi connectivity index (χ4n) is 2.23. The molecule has 0 atom stereocenters. The number of hydrogen-bond donors (Lipinski definition) is 1. The molecular formula is C15H21N3. The lowest BCUT2D eigenvalue weighted by molar-refractivity contribution is 0.139. The molecule has 0 radical (unpaired) electrons. The first-order chi connectivity index (χ1) is 8.58. The minimum absolute atomic E-state index is 0.0799. The highest BCUT2D eigenvalue weighted by molar-refractivity contribution is 5.39. The molecule has 96 valence electrons. The molecule has 0 bridgehead atoms. The van der Waals surface area contributed by atoms with Crippen LogP contribution in [-0.2, 0) is 0 Å². The zero-order chi connectivity index (χ0) is 13.0. The zero-order valence-electron chi connectivity index (χ0n) is 11.2. The van der Waals surface area contributed by atoms with E-state index in [1.165, 1.54) is 19.3 Å². The molecule has 1 aliphatic rings. The third-order valence-electron chi connectivity index (χ3n) is 3.43. The van der Waals surface area contributed by atoms with Crippen molar-refractivity contribution in [1.82, 2.24) is 9.88 Å². The number of aromatic nitrogens is 1. The molecule has 2 heterocycles. The van der Waals surface area contributed by atoms with Crippen molar-refractivity contribution in [2.75, 3.05) is 18.8 Å². The van der Waals surface area contributed by atoms with E-state index in [0.29, 0.717) is 5.69 Å². The molecule has 3 nitrogen and oxygen atoms in total. The van der Waals surface area contributed by atoms with E-state index < -0.39 is 0 Å². The number of piperidine rings is 1. The monoisotopic (exact) mass is 243 g/mol. The highest BCUT2D eigenvalue weighted by Gasteiger charge is 2.25. The number of pyridine rings is 1. The van der Waals surface area contributed by atoms with Gasteiger partial charge >= 0.3 is 0 Å². The molecule has 2 rings (SSSR count). The third kappa shape index (κ3) is 3.24. The van der Waals surface area contributed by atoms with Crippen LogP contribution in [0.25, 0.3) is 0 Å². The Balaban J connectivity index is 2.09. The largest absolute Gasteiger partial charge is 0.397 e. The first-order valence-electron chi connectivity index (χ1n) is 6.58. The van der Waals surface area contributed by atoms with E-state index in [2.05, 4.69) is 35.6 Å². The van der Waals surface area contributed by atoms with Gasteiger partial charge < -0.3 is 5.73 Å². The van der Waals surface area contributed by atoms with Crippen LogP contribution < -0.4 is 5.73 Å². The van der Waals surface area contributed by atoms with Gasteiger partial charge in [0.05, 0.1) is 17.4 Å². The van der Waals surface area contributed by atoms with Gasteiger partial charge in [-0.3, -0.25) is 4.90 Å². The summed E-state index contributed by atoms with van der Waals surface area (Å²) >= 11 is 0. The Morgan fingerprint density at radius 3 is 2.56 bits per heavy atom. The molecule has 0 aliphatic carbocycles. The number of nitrogen functional groups attached to an aromatic ring is 1. The highest BCUT2D eigenvalue weighted by Crippen LogP contribution is 2.19. The van der Waals surface area contributed by atoms with Crippen LogP contribution >= 0.6 is 0 Å². The summed E-state index contributed by atoms with van der Waals surface area (Å²) in [4.78, 5) is 6.67. The van der Waals surface area contributed by atoms with E-state index in [1.807, 2.05) is 12.1 Å². The van der Waals surface area contributed by atoms with Gasteiger partial charge in [0.25, 0.3) is 0 Å². The second kappa shape index (κ2) is 5.41. The van der Waals surface area contributed by atoms with E-state index in [1.54, 1.807) is 6.20 Å². The third-order valence-corrected chi connectivity index (χ3v) is 3.43. The van der Waals surface area contributed by atoms with E-state index in [0.717, 1.165) is 18.8 Å². The zero-order valence-corrected chi connectivity index (χ0v) is 11.2. The molecule has 1 fully saturated rings. The summed E-state index contributed by atoms with van der Waals surface area (Å²) in [5, 5.41) is 0. The van der Waals surface area contributed by atoms with Gasteiger partial charge in [0.1, 0.15) is 5.69 Å². The lowest BCUT2D eigenvalue weighted by Gasteiger charge is -2.37. The van der Waals surface area contributed by atoms with Gasteiger partial charge in [-0.05, 0) is 57.8 Å². The molecule has 1 saturated heterocycles. The molecular weight excluding hydrogens is 222 g/mol. The number of nitrogens with zero attached hydrogens (tertiary/aromatic N) is 2. The maximum atomic E-state index is 5.61. The van der Waals surface area contributed by atoms with Crippen molar-refractivity contribution in [1.29, 1.82) is 0 Å². The molecule has 0 saturated carbocycles. The van der Waals surface area contributed by atoms with Crippen LogP contribution in [0.15, 0.2) is 18.3 Å². The average Bonchev–Trinajstić information content (AvgIpc) is 2.39. The molecule has 3 heteroatoms. The number of hydrogen-bond acceptors (Lipinski definition) is 3. The maximum Gasteiger partial charge on any atom is 0.113 e. The van der Waals surface area contributed by atoms with E-state index in [9.17, 15) is 0 Å². The Morgan fingerprint density at radius 1 is 1.22 bits per heavy atom. The van der Waals surface area contributed by atoms with Crippen LogP contribution in [0.3, 0.4) is 0 Å². The van der Waals surface area contributed by atoms with Crippen molar-refractivity contribution in [3.8, 4) is 11.8 Å². The highest BCUT2D eigenvalue weighted by atomic mass is 15.2. The SMILES string of the molecule is CC(C)(C#Cc1ccc(N)cn1)N1CCCCC1. The van der Waals surface area contributed by atoms with E-state index in [4.69, 9.17) is 5.73 Å². The van der Waals surface area contributed by atoms with Crippen LogP contribution in [0, 0.1) is 11.8 Å². The van der Waals surface area contributed by atoms with Crippen molar-refractivity contribution in [2.45, 2.75) is 38.6 Å².